The van der Waals surface area contributed by atoms with Gasteiger partial charge in [-0.15, -0.1) is 0 Å². The van der Waals surface area contributed by atoms with E-state index in [1.54, 1.807) is 0 Å². The van der Waals surface area contributed by atoms with Crippen molar-refractivity contribution in [3.05, 3.63) is 35.9 Å². The van der Waals surface area contributed by atoms with E-state index in [1.165, 1.54) is 24.9 Å². The molecule has 20 heavy (non-hydrogen) atoms. The molecule has 2 aliphatic rings. The number of nitrogens with zero attached hydrogens (tertiary/aromatic N) is 1. The molecule has 2 fully saturated rings. The number of hydrogen-bond acceptors (Lipinski definition) is 2. The maximum atomic E-state index is 3.67. The van der Waals surface area contributed by atoms with Gasteiger partial charge in [-0.3, -0.25) is 4.90 Å². The summed E-state index contributed by atoms with van der Waals surface area (Å²) in [6.45, 7) is 9.46. The smallest absolute Gasteiger partial charge is 0.0476 e. The van der Waals surface area contributed by atoms with Gasteiger partial charge >= 0.3 is 0 Å². The average Bonchev–Trinajstić information content (AvgIpc) is 2.80. The third kappa shape index (κ3) is 2.64. The monoisotopic (exact) mass is 272 g/mol. The SMILES string of the molecule is CC1CN(C2CCC(C)C2C)C(c2ccccc2)CN1. The van der Waals surface area contributed by atoms with Crippen LogP contribution >= 0.6 is 0 Å². The molecule has 1 N–H and O–H groups in total. The molecule has 0 amide bonds. The topological polar surface area (TPSA) is 15.3 Å². The van der Waals surface area contributed by atoms with Gasteiger partial charge in [-0.2, -0.15) is 0 Å². The Bertz CT molecular complexity index is 430. The van der Waals surface area contributed by atoms with Crippen molar-refractivity contribution < 1.29 is 0 Å². The second kappa shape index (κ2) is 5.87. The van der Waals surface area contributed by atoms with Gasteiger partial charge in [0, 0.05) is 31.2 Å². The lowest BCUT2D eigenvalue weighted by Gasteiger charge is -2.45. The molecule has 0 radical (unpaired) electrons. The van der Waals surface area contributed by atoms with Crippen molar-refractivity contribution in [2.75, 3.05) is 13.1 Å². The maximum absolute atomic E-state index is 3.67. The number of nitrogens with one attached hydrogen (secondary N) is 1. The first-order chi connectivity index (χ1) is 9.66. The van der Waals surface area contributed by atoms with Crippen LogP contribution in [-0.4, -0.2) is 30.1 Å². The first-order valence-electron chi connectivity index (χ1n) is 8.21. The fraction of sp³-hybridized carbons (Fsp3) is 0.667. The molecule has 0 aromatic heterocycles. The van der Waals surface area contributed by atoms with Gasteiger partial charge in [0.05, 0.1) is 0 Å². The Kier molecular flexibility index (Phi) is 4.13. The molecular formula is C18H28N2. The van der Waals surface area contributed by atoms with E-state index in [-0.39, 0.29) is 0 Å². The van der Waals surface area contributed by atoms with E-state index in [9.17, 15) is 0 Å². The van der Waals surface area contributed by atoms with Gasteiger partial charge in [0.15, 0.2) is 0 Å². The minimum atomic E-state index is 0.546. The summed E-state index contributed by atoms with van der Waals surface area (Å²) in [5.41, 5.74) is 1.47. The maximum Gasteiger partial charge on any atom is 0.0476 e. The van der Waals surface area contributed by atoms with Crippen LogP contribution in [0.1, 0.15) is 45.2 Å². The highest BCUT2D eigenvalue weighted by molar-refractivity contribution is 5.21. The molecule has 1 aromatic rings. The van der Waals surface area contributed by atoms with Gasteiger partial charge < -0.3 is 5.32 Å². The predicted molar refractivity (Wildman–Crippen MR) is 84.7 cm³/mol. The molecule has 1 saturated carbocycles. The Morgan fingerprint density at radius 2 is 1.80 bits per heavy atom. The van der Waals surface area contributed by atoms with Crippen molar-refractivity contribution >= 4 is 0 Å². The molecule has 1 heterocycles. The van der Waals surface area contributed by atoms with Crippen LogP contribution in [0, 0.1) is 11.8 Å². The molecule has 5 unspecified atom stereocenters. The van der Waals surface area contributed by atoms with Crippen LogP contribution in [0.15, 0.2) is 30.3 Å². The Balaban J connectivity index is 1.84. The Morgan fingerprint density at radius 3 is 2.45 bits per heavy atom. The van der Waals surface area contributed by atoms with E-state index >= 15 is 0 Å². The summed E-state index contributed by atoms with van der Waals surface area (Å²) in [6, 6.07) is 13.0. The summed E-state index contributed by atoms with van der Waals surface area (Å²) in [6.07, 6.45) is 2.77. The highest BCUT2D eigenvalue weighted by Crippen LogP contribution is 2.39. The number of hydrogen-bond donors (Lipinski definition) is 1. The lowest BCUT2D eigenvalue weighted by Crippen LogP contribution is -2.55. The first kappa shape index (κ1) is 14.1. The number of benzene rings is 1. The third-order valence-corrected chi connectivity index (χ3v) is 5.58. The lowest BCUT2D eigenvalue weighted by atomic mass is 9.92. The average molecular weight is 272 g/mol. The largest absolute Gasteiger partial charge is 0.311 e. The van der Waals surface area contributed by atoms with E-state index in [2.05, 4.69) is 61.3 Å². The molecule has 1 aliphatic carbocycles. The molecule has 1 aromatic carbocycles. The Morgan fingerprint density at radius 1 is 1.05 bits per heavy atom. The minimum Gasteiger partial charge on any atom is -0.311 e. The second-order valence-electron chi connectivity index (χ2n) is 6.91. The van der Waals surface area contributed by atoms with E-state index in [1.807, 2.05) is 0 Å². The van der Waals surface area contributed by atoms with Gasteiger partial charge in [0.25, 0.3) is 0 Å². The summed E-state index contributed by atoms with van der Waals surface area (Å²) < 4.78 is 0. The van der Waals surface area contributed by atoms with Crippen LogP contribution < -0.4 is 5.32 Å². The van der Waals surface area contributed by atoms with Crippen LogP contribution in [0.2, 0.25) is 0 Å². The Labute approximate surface area is 123 Å². The summed E-state index contributed by atoms with van der Waals surface area (Å²) >= 11 is 0. The quantitative estimate of drug-likeness (QED) is 0.887. The zero-order valence-electron chi connectivity index (χ0n) is 13.0. The van der Waals surface area contributed by atoms with Crippen molar-refractivity contribution in [3.63, 3.8) is 0 Å². The fourth-order valence-electron chi connectivity index (χ4n) is 4.10. The molecule has 0 bridgehead atoms. The highest BCUT2D eigenvalue weighted by Gasteiger charge is 2.39. The van der Waals surface area contributed by atoms with Gasteiger partial charge in [-0.1, -0.05) is 44.2 Å². The number of rotatable bonds is 2. The van der Waals surface area contributed by atoms with E-state index in [0.29, 0.717) is 12.1 Å². The molecule has 110 valence electrons. The normalized spacial score (nSPS) is 39.0. The Hall–Kier alpha value is -0.860. The summed E-state index contributed by atoms with van der Waals surface area (Å²) in [5, 5.41) is 3.67. The van der Waals surface area contributed by atoms with Gasteiger partial charge in [0.1, 0.15) is 0 Å². The molecule has 2 nitrogen and oxygen atoms in total. The first-order valence-corrected chi connectivity index (χ1v) is 8.21. The highest BCUT2D eigenvalue weighted by atomic mass is 15.3. The van der Waals surface area contributed by atoms with Crippen LogP contribution in [-0.2, 0) is 0 Å². The van der Waals surface area contributed by atoms with Crippen molar-refractivity contribution in [3.8, 4) is 0 Å². The standard InChI is InChI=1S/C18H28N2/c1-13-9-10-17(15(13)3)20-12-14(2)19-11-18(20)16-7-5-4-6-8-16/h4-8,13-15,17-19H,9-12H2,1-3H3. The van der Waals surface area contributed by atoms with Crippen molar-refractivity contribution in [2.45, 2.75) is 51.7 Å². The van der Waals surface area contributed by atoms with Crippen LogP contribution in [0.25, 0.3) is 0 Å². The lowest BCUT2D eigenvalue weighted by molar-refractivity contribution is 0.0639. The van der Waals surface area contributed by atoms with E-state index in [4.69, 9.17) is 0 Å². The molecule has 1 aliphatic heterocycles. The molecule has 2 heteroatoms. The summed E-state index contributed by atoms with van der Waals surface area (Å²) in [4.78, 5) is 2.80. The van der Waals surface area contributed by atoms with E-state index in [0.717, 1.165) is 24.4 Å². The molecule has 5 atom stereocenters. The van der Waals surface area contributed by atoms with Crippen molar-refractivity contribution in [2.24, 2.45) is 11.8 Å². The van der Waals surface area contributed by atoms with Crippen LogP contribution in [0.5, 0.6) is 0 Å². The third-order valence-electron chi connectivity index (χ3n) is 5.58. The van der Waals surface area contributed by atoms with Crippen LogP contribution in [0.3, 0.4) is 0 Å². The fourth-order valence-corrected chi connectivity index (χ4v) is 4.10. The van der Waals surface area contributed by atoms with Gasteiger partial charge in [-0.05, 0) is 37.2 Å². The van der Waals surface area contributed by atoms with Gasteiger partial charge in [-0.25, -0.2) is 0 Å². The molecule has 3 rings (SSSR count). The zero-order valence-corrected chi connectivity index (χ0v) is 13.0. The van der Waals surface area contributed by atoms with Gasteiger partial charge in [0.2, 0.25) is 0 Å². The molecule has 1 saturated heterocycles. The molecular weight excluding hydrogens is 244 g/mol. The summed E-state index contributed by atoms with van der Waals surface area (Å²) in [7, 11) is 0. The van der Waals surface area contributed by atoms with Crippen LogP contribution in [0.4, 0.5) is 0 Å². The summed E-state index contributed by atoms with van der Waals surface area (Å²) in [5.74, 6) is 1.70. The number of piperazine rings is 1. The van der Waals surface area contributed by atoms with Crippen molar-refractivity contribution in [1.29, 1.82) is 0 Å². The van der Waals surface area contributed by atoms with Crippen molar-refractivity contribution in [1.82, 2.24) is 10.2 Å². The minimum absolute atomic E-state index is 0.546. The zero-order chi connectivity index (χ0) is 14.1. The predicted octanol–water partition coefficient (Wildman–Crippen LogP) is 3.46. The second-order valence-corrected chi connectivity index (χ2v) is 6.91. The van der Waals surface area contributed by atoms with E-state index < -0.39 is 0 Å². The molecule has 0 spiro atoms.